The summed E-state index contributed by atoms with van der Waals surface area (Å²) in [6.45, 7) is 7.26. The van der Waals surface area contributed by atoms with Crippen molar-refractivity contribution in [2.75, 3.05) is 6.54 Å². The standard InChI is InChI=1S/C42H53ClF2N4O8/c1-5-11-26(38(53)32(50)18-19-34(52)47-36(39(46)54)25-14-9-15-27(43)20-25)21-33(51)31-22-28(57-42(2,3)4)23-49(31)41(56)37(24-12-7-6-8-13-24)48-40(55)35-29(44)16-10-17-30(35)45/h9-10,14-17,20,24,26,28,31,36-37H,5-8,11-13,18-19,21-23H2,1-4H3,(H2,46,54)(H,47,52)(H,48,55)/t26?,28-,31+,36?,37+/m1/s1. The summed E-state index contributed by atoms with van der Waals surface area (Å²) in [7, 11) is 0. The van der Waals surface area contributed by atoms with E-state index < -0.39 is 107 Å². The first kappa shape index (κ1) is 45.1. The van der Waals surface area contributed by atoms with Crippen LogP contribution in [0.15, 0.2) is 42.5 Å². The first-order valence-electron chi connectivity index (χ1n) is 19.6. The number of likely N-dealkylation sites (tertiary alicyclic amines) is 1. The highest BCUT2D eigenvalue weighted by atomic mass is 35.5. The molecule has 5 atom stereocenters. The van der Waals surface area contributed by atoms with Crippen molar-refractivity contribution in [2.45, 2.75) is 128 Å². The summed E-state index contributed by atoms with van der Waals surface area (Å²) < 4.78 is 35.6. The Bertz CT molecular complexity index is 1810. The lowest BCUT2D eigenvalue weighted by molar-refractivity contribution is -0.143. The molecule has 0 radical (unpaired) electrons. The van der Waals surface area contributed by atoms with Gasteiger partial charge < -0.3 is 26.0 Å². The van der Waals surface area contributed by atoms with E-state index in [0.29, 0.717) is 29.8 Å². The van der Waals surface area contributed by atoms with Crippen LogP contribution in [0.5, 0.6) is 0 Å². The average molecular weight is 815 g/mol. The van der Waals surface area contributed by atoms with Crippen molar-refractivity contribution in [1.29, 1.82) is 0 Å². The summed E-state index contributed by atoms with van der Waals surface area (Å²) in [5, 5.41) is 5.40. The molecule has 1 saturated heterocycles. The number of Topliss-reactive ketones (excluding diaryl/α,β-unsaturated/α-hetero) is 3. The molecule has 57 heavy (non-hydrogen) atoms. The molecule has 0 spiro atoms. The van der Waals surface area contributed by atoms with Crippen molar-refractivity contribution in [2.24, 2.45) is 17.6 Å². The number of nitrogens with zero attached hydrogens (tertiary/aromatic N) is 1. The number of amides is 4. The number of benzene rings is 2. The van der Waals surface area contributed by atoms with Crippen LogP contribution in [0.25, 0.3) is 0 Å². The summed E-state index contributed by atoms with van der Waals surface area (Å²) >= 11 is 6.02. The number of hydrogen-bond donors (Lipinski definition) is 3. The SMILES string of the molecule is CCCC(CC(=O)[C@@H]1C[C@@H](OC(C)(C)C)CN1C(=O)[C@@H](NC(=O)c1c(F)cccc1F)C1CCCCC1)C(=O)C(=O)CCC(=O)NC(C(N)=O)c1cccc(Cl)c1. The van der Waals surface area contributed by atoms with E-state index in [-0.39, 0.29) is 31.7 Å². The number of nitrogens with two attached hydrogens (primary N) is 1. The Morgan fingerprint density at radius 2 is 1.60 bits per heavy atom. The van der Waals surface area contributed by atoms with E-state index in [1.54, 1.807) is 25.1 Å². The number of hydrogen-bond acceptors (Lipinski definition) is 8. The quantitative estimate of drug-likeness (QED) is 0.160. The molecule has 12 nitrogen and oxygen atoms in total. The Labute approximate surface area is 337 Å². The van der Waals surface area contributed by atoms with Crippen molar-refractivity contribution in [1.82, 2.24) is 15.5 Å². The lowest BCUT2D eigenvalue weighted by Crippen LogP contribution is -2.55. The predicted molar refractivity (Wildman–Crippen MR) is 208 cm³/mol. The first-order chi connectivity index (χ1) is 26.9. The van der Waals surface area contributed by atoms with Gasteiger partial charge in [0.2, 0.25) is 23.5 Å². The van der Waals surface area contributed by atoms with E-state index in [9.17, 15) is 42.3 Å². The van der Waals surface area contributed by atoms with Crippen LogP contribution in [0, 0.1) is 23.5 Å². The highest BCUT2D eigenvalue weighted by Crippen LogP contribution is 2.33. The summed E-state index contributed by atoms with van der Waals surface area (Å²) in [5.41, 5.74) is 4.37. The van der Waals surface area contributed by atoms with Crippen molar-refractivity contribution in [3.05, 3.63) is 70.2 Å². The molecule has 4 rings (SSSR count). The van der Waals surface area contributed by atoms with Gasteiger partial charge in [-0.2, -0.15) is 0 Å². The van der Waals surface area contributed by atoms with Gasteiger partial charge in [-0.1, -0.05) is 62.4 Å². The monoisotopic (exact) mass is 814 g/mol. The number of nitrogens with one attached hydrogen (secondary N) is 2. The third-order valence-electron chi connectivity index (χ3n) is 10.4. The summed E-state index contributed by atoms with van der Waals surface area (Å²) in [5.74, 6) is -9.00. The van der Waals surface area contributed by atoms with Crippen LogP contribution >= 0.6 is 11.6 Å². The zero-order valence-electron chi connectivity index (χ0n) is 32.9. The third kappa shape index (κ3) is 12.5. The fourth-order valence-electron chi connectivity index (χ4n) is 7.76. The number of primary amides is 1. The van der Waals surface area contributed by atoms with Gasteiger partial charge in [0.05, 0.1) is 17.7 Å². The van der Waals surface area contributed by atoms with Gasteiger partial charge in [-0.05, 0) is 75.8 Å². The van der Waals surface area contributed by atoms with Crippen LogP contribution in [-0.4, -0.2) is 76.2 Å². The first-order valence-corrected chi connectivity index (χ1v) is 19.9. The van der Waals surface area contributed by atoms with E-state index in [2.05, 4.69) is 10.6 Å². The second-order valence-electron chi connectivity index (χ2n) is 15.9. The minimum atomic E-state index is -1.22. The van der Waals surface area contributed by atoms with Gasteiger partial charge in [0.25, 0.3) is 5.91 Å². The second kappa shape index (κ2) is 20.2. The van der Waals surface area contributed by atoms with Gasteiger partial charge in [0.1, 0.15) is 29.3 Å². The summed E-state index contributed by atoms with van der Waals surface area (Å²) in [6, 6.07) is 5.72. The predicted octanol–water partition coefficient (Wildman–Crippen LogP) is 5.72. The molecule has 1 aliphatic heterocycles. The van der Waals surface area contributed by atoms with Crippen LogP contribution in [0.3, 0.4) is 0 Å². The van der Waals surface area contributed by atoms with E-state index in [0.717, 1.165) is 37.5 Å². The van der Waals surface area contributed by atoms with Crippen LogP contribution in [0.1, 0.15) is 120 Å². The molecule has 2 fully saturated rings. The molecule has 0 aromatic heterocycles. The molecule has 15 heteroatoms. The maximum Gasteiger partial charge on any atom is 0.257 e. The fraction of sp³-hybridized carbons (Fsp3) is 0.548. The van der Waals surface area contributed by atoms with Crippen LogP contribution in [0.4, 0.5) is 8.78 Å². The van der Waals surface area contributed by atoms with Crippen molar-refractivity contribution < 1.29 is 47.1 Å². The fourth-order valence-corrected chi connectivity index (χ4v) is 7.96. The Morgan fingerprint density at radius 3 is 2.19 bits per heavy atom. The van der Waals surface area contributed by atoms with Crippen LogP contribution < -0.4 is 16.4 Å². The minimum Gasteiger partial charge on any atom is -0.371 e. The maximum atomic E-state index is 14.7. The highest BCUT2D eigenvalue weighted by Gasteiger charge is 2.46. The zero-order chi connectivity index (χ0) is 42.0. The summed E-state index contributed by atoms with van der Waals surface area (Å²) in [4.78, 5) is 95.1. The molecule has 1 heterocycles. The van der Waals surface area contributed by atoms with Crippen LogP contribution in [0.2, 0.25) is 5.02 Å². The highest BCUT2D eigenvalue weighted by molar-refractivity contribution is 6.38. The number of halogens is 3. The van der Waals surface area contributed by atoms with E-state index in [1.165, 1.54) is 11.0 Å². The molecule has 0 bridgehead atoms. The Hall–Kier alpha value is -4.56. The Morgan fingerprint density at radius 1 is 0.947 bits per heavy atom. The van der Waals surface area contributed by atoms with Gasteiger partial charge in [0, 0.05) is 43.2 Å². The molecule has 4 N–H and O–H groups in total. The van der Waals surface area contributed by atoms with Crippen molar-refractivity contribution in [3.63, 3.8) is 0 Å². The lowest BCUT2D eigenvalue weighted by Gasteiger charge is -2.35. The number of ether oxygens (including phenoxy) is 1. The molecule has 2 aromatic carbocycles. The molecule has 310 valence electrons. The Kier molecular flexibility index (Phi) is 16.0. The lowest BCUT2D eigenvalue weighted by atomic mass is 9.82. The third-order valence-corrected chi connectivity index (χ3v) is 10.6. The topological polar surface area (TPSA) is 182 Å². The van der Waals surface area contributed by atoms with Gasteiger partial charge in [0.15, 0.2) is 11.6 Å². The molecule has 2 aromatic rings. The van der Waals surface area contributed by atoms with Gasteiger partial charge in [-0.3, -0.25) is 33.6 Å². The van der Waals surface area contributed by atoms with E-state index in [1.807, 2.05) is 20.8 Å². The van der Waals surface area contributed by atoms with E-state index >= 15 is 0 Å². The van der Waals surface area contributed by atoms with E-state index in [4.69, 9.17) is 22.1 Å². The molecule has 1 saturated carbocycles. The molecule has 2 unspecified atom stereocenters. The zero-order valence-corrected chi connectivity index (χ0v) is 33.7. The largest absolute Gasteiger partial charge is 0.371 e. The molecule has 4 amide bonds. The molecular formula is C42H53ClF2N4O8. The normalized spacial score (nSPS) is 19.0. The number of carbonyl (C=O) groups is 7. The Balaban J connectivity index is 1.51. The minimum absolute atomic E-state index is 0.0123. The summed E-state index contributed by atoms with van der Waals surface area (Å²) in [6.07, 6.45) is 2.46. The van der Waals surface area contributed by atoms with Gasteiger partial charge in [-0.25, -0.2) is 8.78 Å². The molecular weight excluding hydrogens is 762 g/mol. The van der Waals surface area contributed by atoms with Gasteiger partial charge in [-0.15, -0.1) is 0 Å². The van der Waals surface area contributed by atoms with Crippen molar-refractivity contribution in [3.8, 4) is 0 Å². The van der Waals surface area contributed by atoms with Gasteiger partial charge >= 0.3 is 0 Å². The molecule has 2 aliphatic rings. The molecule has 1 aliphatic carbocycles. The van der Waals surface area contributed by atoms with Crippen molar-refractivity contribution >= 4 is 52.6 Å². The van der Waals surface area contributed by atoms with Crippen LogP contribution in [-0.2, 0) is 33.5 Å². The average Bonchev–Trinajstić information content (AvgIpc) is 3.57. The number of ketones is 3. The number of carbonyl (C=O) groups excluding carboxylic acids is 7. The number of rotatable bonds is 18. The second-order valence-corrected chi connectivity index (χ2v) is 16.4. The smallest absolute Gasteiger partial charge is 0.257 e. The maximum absolute atomic E-state index is 14.7.